The van der Waals surface area contributed by atoms with Gasteiger partial charge in [0.15, 0.2) is 12.5 Å². The number of hydrogen-bond donors (Lipinski definition) is 1. The number of nitrogens with zero attached hydrogens (tertiary/aromatic N) is 4. The second kappa shape index (κ2) is 9.87. The van der Waals surface area contributed by atoms with Gasteiger partial charge >= 0.3 is 0 Å². The van der Waals surface area contributed by atoms with E-state index in [1.165, 1.54) is 27.3 Å². The first-order valence-electron chi connectivity index (χ1n) is 12.8. The first-order valence-corrected chi connectivity index (χ1v) is 14.6. The predicted molar refractivity (Wildman–Crippen MR) is 157 cm³/mol. The summed E-state index contributed by atoms with van der Waals surface area (Å²) in [5.41, 5.74) is 3.65. The lowest BCUT2D eigenvalue weighted by Crippen LogP contribution is -2.25. The summed E-state index contributed by atoms with van der Waals surface area (Å²) in [6.07, 6.45) is 1.08. The van der Waals surface area contributed by atoms with E-state index in [9.17, 15) is 17.6 Å². The van der Waals surface area contributed by atoms with Gasteiger partial charge in [-0.05, 0) is 43.3 Å². The maximum Gasteiger partial charge on any atom is 0.255 e. The van der Waals surface area contributed by atoms with Crippen LogP contribution < -0.4 is 14.4 Å². The molecule has 0 aliphatic carbocycles. The molecule has 13 heteroatoms. The van der Waals surface area contributed by atoms with Crippen LogP contribution >= 0.6 is 0 Å². The third-order valence-corrected chi connectivity index (χ3v) is 8.46. The van der Waals surface area contributed by atoms with Gasteiger partial charge in [0.1, 0.15) is 35.7 Å². The molecule has 0 bridgehead atoms. The number of benzene rings is 2. The van der Waals surface area contributed by atoms with Crippen LogP contribution in [0, 0.1) is 5.82 Å². The third kappa shape index (κ3) is 4.24. The Bertz CT molecular complexity index is 2060. The molecule has 0 unspecified atom stereocenters. The Kier molecular flexibility index (Phi) is 6.41. The number of halogens is 1. The molecule has 42 heavy (non-hydrogen) atoms. The highest BCUT2D eigenvalue weighted by Gasteiger charge is 2.28. The number of anilines is 1. The molecule has 0 fully saturated rings. The van der Waals surface area contributed by atoms with E-state index in [4.69, 9.17) is 19.0 Å². The molecule has 11 nitrogen and oxygen atoms in total. The van der Waals surface area contributed by atoms with Crippen molar-refractivity contribution in [1.29, 1.82) is 0 Å². The van der Waals surface area contributed by atoms with Crippen molar-refractivity contribution >= 4 is 49.2 Å². The summed E-state index contributed by atoms with van der Waals surface area (Å²) < 4.78 is 55.0. The van der Waals surface area contributed by atoms with E-state index in [1.54, 1.807) is 49.4 Å². The fourth-order valence-corrected chi connectivity index (χ4v) is 5.68. The first-order chi connectivity index (χ1) is 20.0. The van der Waals surface area contributed by atoms with Crippen molar-refractivity contribution in [2.75, 3.05) is 31.8 Å². The van der Waals surface area contributed by atoms with E-state index < -0.39 is 15.9 Å². The minimum Gasteiger partial charge on any atom is -0.470 e. The van der Waals surface area contributed by atoms with Gasteiger partial charge in [-0.25, -0.2) is 17.8 Å². The van der Waals surface area contributed by atoms with Gasteiger partial charge < -0.3 is 23.9 Å². The standard InChI is InChI=1S/C29H26FN5O6S/c1-15(33-39-4)28-26(29(36)31-2)18-11-17(22(13-25(18)41-28)34(3)42(5,37)38)20-9-10-24-27(32-20)23-12-16-19(30)7-6-8-21(16)35(23)14-40-24/h6-13H,14H2,1-5H3,(H,31,36)/b33-15-. The van der Waals surface area contributed by atoms with E-state index in [-0.39, 0.29) is 35.1 Å². The molecule has 4 heterocycles. The van der Waals surface area contributed by atoms with Crippen molar-refractivity contribution in [3.8, 4) is 28.4 Å². The molecule has 0 radical (unpaired) electrons. The number of ether oxygens (including phenoxy) is 1. The van der Waals surface area contributed by atoms with Gasteiger partial charge in [-0.3, -0.25) is 9.10 Å². The molecular weight excluding hydrogens is 565 g/mol. The normalized spacial score (nSPS) is 13.0. The number of furan rings is 1. The molecule has 1 aliphatic rings. The summed E-state index contributed by atoms with van der Waals surface area (Å²) in [6, 6.07) is 13.2. The van der Waals surface area contributed by atoms with E-state index in [0.717, 1.165) is 10.6 Å². The van der Waals surface area contributed by atoms with Gasteiger partial charge in [0.2, 0.25) is 10.0 Å². The quantitative estimate of drug-likeness (QED) is 0.223. The fraction of sp³-hybridized carbons (Fsp3) is 0.207. The number of aromatic nitrogens is 2. The lowest BCUT2D eigenvalue weighted by atomic mass is 10.0. The molecule has 3 aromatic heterocycles. The van der Waals surface area contributed by atoms with Crippen LogP contribution in [0.1, 0.15) is 23.0 Å². The molecule has 1 amide bonds. The Balaban J connectivity index is 1.64. The highest BCUT2D eigenvalue weighted by molar-refractivity contribution is 7.92. The largest absolute Gasteiger partial charge is 0.470 e. The third-order valence-electron chi connectivity index (χ3n) is 7.27. The lowest BCUT2D eigenvalue weighted by molar-refractivity contribution is 0.0963. The number of carbonyl (C=O) groups excluding carboxylic acids is 1. The van der Waals surface area contributed by atoms with Crippen LogP contribution in [0.2, 0.25) is 0 Å². The van der Waals surface area contributed by atoms with Crippen LogP contribution in [0.4, 0.5) is 10.1 Å². The fourth-order valence-electron chi connectivity index (χ4n) is 5.17. The van der Waals surface area contributed by atoms with Crippen LogP contribution in [-0.2, 0) is 21.6 Å². The van der Waals surface area contributed by atoms with Gasteiger partial charge in [0.25, 0.3) is 5.91 Å². The van der Waals surface area contributed by atoms with E-state index in [0.29, 0.717) is 50.4 Å². The molecular formula is C29H26FN5O6S. The Morgan fingerprint density at radius 1 is 1.19 bits per heavy atom. The molecule has 216 valence electrons. The van der Waals surface area contributed by atoms with Crippen molar-refractivity contribution in [1.82, 2.24) is 14.9 Å². The minimum atomic E-state index is -3.72. The number of amides is 1. The van der Waals surface area contributed by atoms with Crippen LogP contribution in [0.15, 0.2) is 58.1 Å². The Labute approximate surface area is 240 Å². The summed E-state index contributed by atoms with van der Waals surface area (Å²) in [5, 5.41) is 7.39. The highest BCUT2D eigenvalue weighted by atomic mass is 32.2. The zero-order valence-corrected chi connectivity index (χ0v) is 24.2. The monoisotopic (exact) mass is 591 g/mol. The van der Waals surface area contributed by atoms with Crippen molar-refractivity contribution < 1.29 is 31.6 Å². The summed E-state index contributed by atoms with van der Waals surface area (Å²) in [4.78, 5) is 22.8. The van der Waals surface area contributed by atoms with Gasteiger partial charge in [0, 0.05) is 36.5 Å². The second-order valence-corrected chi connectivity index (χ2v) is 11.8. The zero-order chi connectivity index (χ0) is 29.9. The molecule has 2 aromatic carbocycles. The smallest absolute Gasteiger partial charge is 0.255 e. The van der Waals surface area contributed by atoms with Crippen LogP contribution in [0.3, 0.4) is 0 Å². The molecule has 0 spiro atoms. The number of nitrogens with one attached hydrogen (secondary N) is 1. The van der Waals surface area contributed by atoms with Crippen LogP contribution in [0.5, 0.6) is 5.75 Å². The highest BCUT2D eigenvalue weighted by Crippen LogP contribution is 2.42. The Hall–Kier alpha value is -4.91. The lowest BCUT2D eigenvalue weighted by Gasteiger charge is -2.23. The summed E-state index contributed by atoms with van der Waals surface area (Å²) in [5.74, 6) is -0.117. The van der Waals surface area contributed by atoms with Crippen LogP contribution in [0.25, 0.3) is 44.5 Å². The van der Waals surface area contributed by atoms with Crippen LogP contribution in [-0.4, -0.2) is 57.0 Å². The van der Waals surface area contributed by atoms with Crippen molar-refractivity contribution in [3.63, 3.8) is 0 Å². The molecule has 5 aromatic rings. The SMILES string of the molecule is CNC(=O)c1c(/C(C)=N\OC)oc2cc(N(C)S(C)(=O)=O)c(-c3ccc4c(n3)-c3cc5c(F)cccc5n3CO4)cc12. The molecule has 0 saturated heterocycles. The van der Waals surface area contributed by atoms with E-state index >= 15 is 0 Å². The summed E-state index contributed by atoms with van der Waals surface area (Å²) in [6.45, 7) is 1.81. The van der Waals surface area contributed by atoms with Crippen molar-refractivity contribution in [2.45, 2.75) is 13.7 Å². The average Bonchev–Trinajstić information content (AvgIpc) is 3.54. The molecule has 1 N–H and O–H groups in total. The van der Waals surface area contributed by atoms with Gasteiger partial charge in [-0.1, -0.05) is 11.2 Å². The average molecular weight is 592 g/mol. The predicted octanol–water partition coefficient (Wildman–Crippen LogP) is 4.73. The van der Waals surface area contributed by atoms with E-state index in [1.807, 2.05) is 4.57 Å². The molecule has 6 rings (SSSR count). The molecule has 0 saturated carbocycles. The van der Waals surface area contributed by atoms with Gasteiger partial charge in [-0.15, -0.1) is 0 Å². The topological polar surface area (TPSA) is 128 Å². The number of rotatable bonds is 6. The van der Waals surface area contributed by atoms with Crippen molar-refractivity contribution in [2.24, 2.45) is 5.16 Å². The second-order valence-electron chi connectivity index (χ2n) is 9.79. The maximum absolute atomic E-state index is 14.6. The minimum absolute atomic E-state index is 0.176. The molecule has 1 aliphatic heterocycles. The summed E-state index contributed by atoms with van der Waals surface area (Å²) in [7, 11) is 0.569. The number of sulfonamides is 1. The Morgan fingerprint density at radius 3 is 2.69 bits per heavy atom. The maximum atomic E-state index is 14.6. The van der Waals surface area contributed by atoms with Gasteiger partial charge in [-0.2, -0.15) is 0 Å². The number of pyridine rings is 1. The van der Waals surface area contributed by atoms with Crippen molar-refractivity contribution in [3.05, 3.63) is 65.7 Å². The number of oxime groups is 1. The zero-order valence-electron chi connectivity index (χ0n) is 23.4. The first kappa shape index (κ1) is 27.3. The number of carbonyl (C=O) groups is 1. The van der Waals surface area contributed by atoms with E-state index in [2.05, 4.69) is 10.5 Å². The number of hydrogen-bond acceptors (Lipinski definition) is 8. The van der Waals surface area contributed by atoms with Gasteiger partial charge in [0.05, 0.1) is 34.4 Å². The molecule has 0 atom stereocenters. The number of fused-ring (bicyclic) bond motifs is 6. The Morgan fingerprint density at radius 2 is 1.98 bits per heavy atom. The summed E-state index contributed by atoms with van der Waals surface area (Å²) >= 11 is 0.